The molecule has 0 spiro atoms. The lowest BCUT2D eigenvalue weighted by molar-refractivity contribution is 0.244. The Morgan fingerprint density at radius 1 is 1.44 bits per heavy atom. The molecule has 1 aliphatic rings. The predicted octanol–water partition coefficient (Wildman–Crippen LogP) is 2.60. The third-order valence-corrected chi connectivity index (χ3v) is 3.52. The van der Waals surface area contributed by atoms with Gasteiger partial charge in [-0.25, -0.2) is 4.39 Å². The quantitative estimate of drug-likeness (QED) is 0.851. The number of benzene rings is 1. The first-order valence-corrected chi connectivity index (χ1v) is 5.85. The summed E-state index contributed by atoms with van der Waals surface area (Å²) in [5.41, 5.74) is 6.41. The molecule has 2 nitrogen and oxygen atoms in total. The fourth-order valence-corrected chi connectivity index (χ4v) is 2.37. The molecule has 2 rings (SSSR count). The van der Waals surface area contributed by atoms with E-state index < -0.39 is 0 Å². The highest BCUT2D eigenvalue weighted by Crippen LogP contribution is 2.44. The highest BCUT2D eigenvalue weighted by molar-refractivity contribution is 5.35. The van der Waals surface area contributed by atoms with Crippen LogP contribution in [0.3, 0.4) is 0 Å². The van der Waals surface area contributed by atoms with Crippen LogP contribution in [0.4, 0.5) is 4.39 Å². The fourth-order valence-electron chi connectivity index (χ4n) is 2.37. The Bertz CT molecular complexity index is 369. The molecule has 2 N–H and O–H groups in total. The van der Waals surface area contributed by atoms with Gasteiger partial charge in [-0.1, -0.05) is 12.5 Å². The van der Waals surface area contributed by atoms with Crippen molar-refractivity contribution in [2.75, 3.05) is 13.2 Å². The van der Waals surface area contributed by atoms with E-state index in [-0.39, 0.29) is 11.2 Å². The molecule has 1 aromatic carbocycles. The van der Waals surface area contributed by atoms with Crippen LogP contribution in [0.25, 0.3) is 0 Å². The first-order chi connectivity index (χ1) is 7.72. The lowest BCUT2D eigenvalue weighted by Gasteiger charge is -2.41. The van der Waals surface area contributed by atoms with Gasteiger partial charge in [-0.05, 0) is 31.4 Å². The molecule has 0 amide bonds. The van der Waals surface area contributed by atoms with Crippen LogP contribution in [0.2, 0.25) is 0 Å². The van der Waals surface area contributed by atoms with Crippen molar-refractivity contribution in [3.8, 4) is 5.75 Å². The minimum Gasteiger partial charge on any atom is -0.494 e. The molecule has 0 atom stereocenters. The first kappa shape index (κ1) is 11.4. The summed E-state index contributed by atoms with van der Waals surface area (Å²) in [5, 5.41) is 0. The Kier molecular flexibility index (Phi) is 3.15. The van der Waals surface area contributed by atoms with Gasteiger partial charge in [-0.15, -0.1) is 0 Å². The van der Waals surface area contributed by atoms with Crippen molar-refractivity contribution in [1.29, 1.82) is 0 Å². The van der Waals surface area contributed by atoms with E-state index in [0.717, 1.165) is 24.8 Å². The van der Waals surface area contributed by atoms with Gasteiger partial charge in [0.15, 0.2) is 0 Å². The van der Waals surface area contributed by atoms with Crippen molar-refractivity contribution in [3.63, 3.8) is 0 Å². The first-order valence-electron chi connectivity index (χ1n) is 5.85. The molecule has 0 radical (unpaired) electrons. The van der Waals surface area contributed by atoms with E-state index >= 15 is 0 Å². The summed E-state index contributed by atoms with van der Waals surface area (Å²) in [5.74, 6) is 0.409. The minimum absolute atomic E-state index is 0.116. The maximum Gasteiger partial charge on any atom is 0.130 e. The summed E-state index contributed by atoms with van der Waals surface area (Å²) in [4.78, 5) is 0. The Morgan fingerprint density at radius 2 is 2.19 bits per heavy atom. The van der Waals surface area contributed by atoms with Crippen molar-refractivity contribution < 1.29 is 9.13 Å². The Labute approximate surface area is 95.6 Å². The topological polar surface area (TPSA) is 35.2 Å². The van der Waals surface area contributed by atoms with Crippen LogP contribution >= 0.6 is 0 Å². The molecule has 3 heteroatoms. The van der Waals surface area contributed by atoms with Crippen molar-refractivity contribution in [2.45, 2.75) is 31.6 Å². The lowest BCUT2D eigenvalue weighted by Crippen LogP contribution is -2.42. The molecule has 0 aromatic heterocycles. The number of hydrogen-bond acceptors (Lipinski definition) is 2. The van der Waals surface area contributed by atoms with Gasteiger partial charge >= 0.3 is 0 Å². The number of halogens is 1. The van der Waals surface area contributed by atoms with Crippen LogP contribution in [-0.4, -0.2) is 13.2 Å². The van der Waals surface area contributed by atoms with Gasteiger partial charge in [0.1, 0.15) is 11.6 Å². The summed E-state index contributed by atoms with van der Waals surface area (Å²) in [6, 6.07) is 5.12. The smallest absolute Gasteiger partial charge is 0.130 e. The molecule has 1 fully saturated rings. The molecule has 88 valence electrons. The second kappa shape index (κ2) is 4.42. The predicted molar refractivity (Wildman–Crippen MR) is 62.2 cm³/mol. The normalized spacial score (nSPS) is 17.9. The van der Waals surface area contributed by atoms with Crippen molar-refractivity contribution in [1.82, 2.24) is 0 Å². The number of ether oxygens (including phenoxy) is 1. The second-order valence-corrected chi connectivity index (χ2v) is 4.41. The number of hydrogen-bond donors (Lipinski definition) is 1. The molecule has 0 unspecified atom stereocenters. The van der Waals surface area contributed by atoms with Gasteiger partial charge in [-0.3, -0.25) is 0 Å². The van der Waals surface area contributed by atoms with E-state index in [2.05, 4.69) is 0 Å². The highest BCUT2D eigenvalue weighted by Gasteiger charge is 2.39. The summed E-state index contributed by atoms with van der Waals surface area (Å²) in [6.07, 6.45) is 3.13. The summed E-state index contributed by atoms with van der Waals surface area (Å²) >= 11 is 0. The van der Waals surface area contributed by atoms with Crippen LogP contribution in [0.15, 0.2) is 18.2 Å². The summed E-state index contributed by atoms with van der Waals surface area (Å²) < 4.78 is 19.2. The van der Waals surface area contributed by atoms with Crippen LogP contribution in [0.1, 0.15) is 31.7 Å². The standard InChI is InChI=1S/C13H18FNO/c1-2-16-10-4-5-11(12(14)8-10)13(9-15)6-3-7-13/h4-5,8H,2-3,6-7,9,15H2,1H3. The maximum atomic E-state index is 13.9. The van der Waals surface area contributed by atoms with Crippen molar-refractivity contribution in [2.24, 2.45) is 5.73 Å². The molecule has 1 saturated carbocycles. The summed E-state index contributed by atoms with van der Waals surface area (Å²) in [7, 11) is 0. The van der Waals surface area contributed by atoms with E-state index in [4.69, 9.17) is 10.5 Å². The van der Waals surface area contributed by atoms with E-state index in [1.165, 1.54) is 6.07 Å². The molecule has 0 heterocycles. The minimum atomic E-state index is -0.184. The monoisotopic (exact) mass is 223 g/mol. The zero-order valence-corrected chi connectivity index (χ0v) is 9.63. The SMILES string of the molecule is CCOc1ccc(C2(CN)CCC2)c(F)c1. The molecule has 0 bridgehead atoms. The van der Waals surface area contributed by atoms with Crippen LogP contribution in [0.5, 0.6) is 5.75 Å². The molecule has 1 aromatic rings. The molecular formula is C13H18FNO. The average molecular weight is 223 g/mol. The second-order valence-electron chi connectivity index (χ2n) is 4.41. The van der Waals surface area contributed by atoms with Crippen molar-refractivity contribution in [3.05, 3.63) is 29.6 Å². The average Bonchev–Trinajstić information content (AvgIpc) is 2.20. The lowest BCUT2D eigenvalue weighted by atomic mass is 9.64. The van der Waals surface area contributed by atoms with Gasteiger partial charge in [0.25, 0.3) is 0 Å². The van der Waals surface area contributed by atoms with Crippen LogP contribution < -0.4 is 10.5 Å². The van der Waals surface area contributed by atoms with E-state index in [1.54, 1.807) is 0 Å². The zero-order chi connectivity index (χ0) is 11.6. The number of rotatable bonds is 4. The largest absolute Gasteiger partial charge is 0.494 e. The van der Waals surface area contributed by atoms with Gasteiger partial charge < -0.3 is 10.5 Å². The Hall–Kier alpha value is -1.09. The maximum absolute atomic E-state index is 13.9. The third kappa shape index (κ3) is 1.80. The van der Waals surface area contributed by atoms with Gasteiger partial charge in [-0.2, -0.15) is 0 Å². The molecule has 1 aliphatic carbocycles. The van der Waals surface area contributed by atoms with Gasteiger partial charge in [0.2, 0.25) is 0 Å². The van der Waals surface area contributed by atoms with Gasteiger partial charge in [0, 0.05) is 18.0 Å². The Morgan fingerprint density at radius 3 is 2.62 bits per heavy atom. The fraction of sp³-hybridized carbons (Fsp3) is 0.538. The van der Waals surface area contributed by atoms with Crippen molar-refractivity contribution >= 4 is 0 Å². The summed E-state index contributed by atoms with van der Waals surface area (Å²) in [6.45, 7) is 2.97. The van der Waals surface area contributed by atoms with E-state index in [0.29, 0.717) is 18.9 Å². The zero-order valence-electron chi connectivity index (χ0n) is 9.63. The van der Waals surface area contributed by atoms with E-state index in [9.17, 15) is 4.39 Å². The molecule has 16 heavy (non-hydrogen) atoms. The molecular weight excluding hydrogens is 205 g/mol. The third-order valence-electron chi connectivity index (χ3n) is 3.52. The molecule has 0 aliphatic heterocycles. The van der Waals surface area contributed by atoms with E-state index in [1.807, 2.05) is 19.1 Å². The van der Waals surface area contributed by atoms with Gasteiger partial charge in [0.05, 0.1) is 6.61 Å². The van der Waals surface area contributed by atoms with Crippen LogP contribution in [-0.2, 0) is 5.41 Å². The van der Waals surface area contributed by atoms with Crippen LogP contribution in [0, 0.1) is 5.82 Å². The highest BCUT2D eigenvalue weighted by atomic mass is 19.1. The Balaban J connectivity index is 2.28. The number of nitrogens with two attached hydrogens (primary N) is 1. The molecule has 0 saturated heterocycles.